The number of carbonyl (C=O) groups excluding carboxylic acids is 1. The molecule has 2 aliphatic heterocycles. The number of amides is 1. The molecule has 2 heterocycles. The largest absolute Gasteiger partial charge is 0.492 e. The first-order valence-electron chi connectivity index (χ1n) is 12.6. The van der Waals surface area contributed by atoms with Crippen LogP contribution in [0.1, 0.15) is 58.4 Å². The zero-order valence-electron chi connectivity index (χ0n) is 22.3. The van der Waals surface area contributed by atoms with Gasteiger partial charge in [0.15, 0.2) is 0 Å². The number of nitrogens with zero attached hydrogens (tertiary/aromatic N) is 1. The Kier molecular flexibility index (Phi) is 7.81. The van der Waals surface area contributed by atoms with E-state index in [2.05, 4.69) is 10.5 Å². The van der Waals surface area contributed by atoms with E-state index in [4.69, 9.17) is 44.3 Å². The van der Waals surface area contributed by atoms with Crippen LogP contribution in [0.25, 0.3) is 0 Å². The predicted octanol–water partition coefficient (Wildman–Crippen LogP) is 6.56. The molecule has 0 fully saturated rings. The Labute approximate surface area is 253 Å². The summed E-state index contributed by atoms with van der Waals surface area (Å²) in [5.74, 6) is -1.05. The van der Waals surface area contributed by atoms with Crippen LogP contribution >= 0.6 is 34.8 Å². The zero-order valence-corrected chi connectivity index (χ0v) is 24.6. The summed E-state index contributed by atoms with van der Waals surface area (Å²) in [5, 5.41) is 16.2. The Hall–Kier alpha value is -2.83. The minimum Gasteiger partial charge on any atom is -0.423 e. The van der Waals surface area contributed by atoms with E-state index in [0.717, 1.165) is 12.1 Å². The van der Waals surface area contributed by atoms with Gasteiger partial charge in [-0.25, -0.2) is 4.39 Å². The van der Waals surface area contributed by atoms with Crippen molar-refractivity contribution in [1.82, 2.24) is 5.32 Å². The number of aryl methyl sites for hydroxylation is 1. The highest BCUT2D eigenvalue weighted by molar-refractivity contribution is 6.62. The number of oxime groups is 1. The number of rotatable bonds is 5. The molecule has 0 spiro atoms. The van der Waals surface area contributed by atoms with Gasteiger partial charge in [-0.3, -0.25) is 4.79 Å². The summed E-state index contributed by atoms with van der Waals surface area (Å²) in [6.07, 6.45) is -5.56. The van der Waals surface area contributed by atoms with Crippen molar-refractivity contribution < 1.29 is 36.9 Å². The van der Waals surface area contributed by atoms with E-state index in [1.807, 2.05) is 0 Å². The molecule has 2 aliphatic rings. The van der Waals surface area contributed by atoms with E-state index in [1.54, 1.807) is 26.8 Å². The minimum absolute atomic E-state index is 0.00175. The number of halogens is 7. The van der Waals surface area contributed by atoms with Crippen molar-refractivity contribution in [2.24, 2.45) is 5.16 Å². The Morgan fingerprint density at radius 1 is 1.12 bits per heavy atom. The number of fused-ring (bicyclic) bond motifs is 1. The van der Waals surface area contributed by atoms with Crippen LogP contribution in [0.5, 0.6) is 0 Å². The third-order valence-electron chi connectivity index (χ3n) is 7.35. The first kappa shape index (κ1) is 30.6. The van der Waals surface area contributed by atoms with Crippen molar-refractivity contribution in [3.8, 4) is 0 Å². The molecule has 42 heavy (non-hydrogen) atoms. The molecule has 220 valence electrons. The van der Waals surface area contributed by atoms with Crippen LogP contribution < -0.4 is 10.8 Å². The average Bonchev–Trinajstić information content (AvgIpc) is 3.45. The molecular formula is C28H22BCl3F4N2O4. The summed E-state index contributed by atoms with van der Waals surface area (Å²) in [6, 6.07) is 9.36. The fourth-order valence-corrected chi connectivity index (χ4v) is 5.84. The van der Waals surface area contributed by atoms with Crippen LogP contribution in [0.15, 0.2) is 47.6 Å². The Balaban J connectivity index is 1.34. The van der Waals surface area contributed by atoms with Crippen LogP contribution in [0.4, 0.5) is 17.6 Å². The average molecular weight is 644 g/mol. The van der Waals surface area contributed by atoms with E-state index in [1.165, 1.54) is 24.3 Å². The molecule has 0 aliphatic carbocycles. The maximum absolute atomic E-state index is 14.8. The molecule has 1 unspecified atom stereocenters. The van der Waals surface area contributed by atoms with Crippen LogP contribution in [-0.2, 0) is 27.2 Å². The van der Waals surface area contributed by atoms with Gasteiger partial charge in [0.1, 0.15) is 5.82 Å². The third kappa shape index (κ3) is 5.26. The molecule has 3 aromatic rings. The maximum atomic E-state index is 14.8. The van der Waals surface area contributed by atoms with Crippen molar-refractivity contribution in [1.29, 1.82) is 0 Å². The monoisotopic (exact) mass is 642 g/mol. The minimum atomic E-state index is -4.89. The first-order chi connectivity index (χ1) is 19.5. The number of carbonyl (C=O) groups is 1. The number of benzene rings is 3. The Bertz CT molecular complexity index is 1630. The topological polar surface area (TPSA) is 80.2 Å². The van der Waals surface area contributed by atoms with E-state index in [-0.39, 0.29) is 44.0 Å². The number of hydrogen-bond acceptors (Lipinski definition) is 5. The van der Waals surface area contributed by atoms with Gasteiger partial charge in [-0.15, -0.1) is 0 Å². The quantitative estimate of drug-likeness (QED) is 0.188. The summed E-state index contributed by atoms with van der Waals surface area (Å²) < 4.78 is 63.3. The van der Waals surface area contributed by atoms with Crippen molar-refractivity contribution in [3.63, 3.8) is 0 Å². The molecule has 1 atom stereocenters. The van der Waals surface area contributed by atoms with Gasteiger partial charge in [0.2, 0.25) is 0 Å². The van der Waals surface area contributed by atoms with Crippen LogP contribution in [-0.4, -0.2) is 29.9 Å². The van der Waals surface area contributed by atoms with Gasteiger partial charge in [0.05, 0.1) is 26.4 Å². The number of alkyl halides is 3. The standard InChI is InChI=1S/C28H22BCl3F4N2O4/c1-13-6-15(22-11-27(42-38-22,28(34,35)36)16-9-19(30)24(32)20(31)10-16)4-5-17(13)25(39)37-12-14-7-18-23(21(33)8-14)26(2,3)41-29(18)40/h4-10,40H,11-12H2,1-3H3,(H,37,39). The predicted molar refractivity (Wildman–Crippen MR) is 152 cm³/mol. The molecule has 0 radical (unpaired) electrons. The van der Waals surface area contributed by atoms with E-state index in [9.17, 15) is 27.4 Å². The fraction of sp³-hybridized carbons (Fsp3) is 0.286. The molecule has 6 nitrogen and oxygen atoms in total. The highest BCUT2D eigenvalue weighted by Gasteiger charge is 2.62. The van der Waals surface area contributed by atoms with Gasteiger partial charge >= 0.3 is 13.3 Å². The summed E-state index contributed by atoms with van der Waals surface area (Å²) in [4.78, 5) is 18.0. The second-order valence-corrected chi connectivity index (χ2v) is 11.8. The number of nitrogens with one attached hydrogen (secondary N) is 1. The van der Waals surface area contributed by atoms with Gasteiger partial charge in [-0.05, 0) is 73.3 Å². The third-order valence-corrected chi connectivity index (χ3v) is 8.55. The molecule has 2 N–H and O–H groups in total. The van der Waals surface area contributed by atoms with Crippen LogP contribution in [0.2, 0.25) is 15.1 Å². The lowest BCUT2D eigenvalue weighted by atomic mass is 9.77. The smallest absolute Gasteiger partial charge is 0.423 e. The Morgan fingerprint density at radius 2 is 1.79 bits per heavy atom. The lowest BCUT2D eigenvalue weighted by Gasteiger charge is -2.30. The van der Waals surface area contributed by atoms with Gasteiger partial charge in [-0.2, -0.15) is 13.2 Å². The van der Waals surface area contributed by atoms with Crippen molar-refractivity contribution >= 4 is 59.0 Å². The summed E-state index contributed by atoms with van der Waals surface area (Å²) in [7, 11) is -1.29. The van der Waals surface area contributed by atoms with E-state index >= 15 is 0 Å². The molecule has 0 aromatic heterocycles. The van der Waals surface area contributed by atoms with Crippen molar-refractivity contribution in [2.45, 2.75) is 51.1 Å². The second kappa shape index (κ2) is 10.7. The van der Waals surface area contributed by atoms with Crippen molar-refractivity contribution in [2.75, 3.05) is 0 Å². The van der Waals surface area contributed by atoms with Crippen LogP contribution in [0.3, 0.4) is 0 Å². The van der Waals surface area contributed by atoms with Crippen LogP contribution in [0, 0.1) is 12.7 Å². The van der Waals surface area contributed by atoms with Gasteiger partial charge in [0.25, 0.3) is 11.5 Å². The molecular weight excluding hydrogens is 621 g/mol. The number of hydrogen-bond donors (Lipinski definition) is 2. The molecule has 3 aromatic carbocycles. The Morgan fingerprint density at radius 3 is 2.40 bits per heavy atom. The fourth-order valence-electron chi connectivity index (χ4n) is 5.24. The molecule has 0 saturated heterocycles. The summed E-state index contributed by atoms with van der Waals surface area (Å²) >= 11 is 17.9. The lowest BCUT2D eigenvalue weighted by molar-refractivity contribution is -0.275. The van der Waals surface area contributed by atoms with E-state index < -0.39 is 42.6 Å². The van der Waals surface area contributed by atoms with Gasteiger partial charge in [-0.1, -0.05) is 52.1 Å². The molecule has 0 saturated carbocycles. The van der Waals surface area contributed by atoms with Gasteiger partial charge in [0, 0.05) is 29.7 Å². The highest BCUT2D eigenvalue weighted by Crippen LogP contribution is 2.50. The SMILES string of the molecule is Cc1cc(C2=NOC(c3cc(Cl)c(Cl)c(Cl)c3)(C(F)(F)F)C2)ccc1C(=O)NCc1cc(F)c2c(c1)B(O)OC2(C)C. The molecule has 1 amide bonds. The molecule has 14 heteroatoms. The zero-order chi connectivity index (χ0) is 30.8. The normalized spacial score (nSPS) is 19.4. The molecule has 5 rings (SSSR count). The van der Waals surface area contributed by atoms with Crippen molar-refractivity contribution in [3.05, 3.63) is 96.7 Å². The maximum Gasteiger partial charge on any atom is 0.492 e. The lowest BCUT2D eigenvalue weighted by Crippen LogP contribution is -2.42. The molecule has 0 bridgehead atoms. The summed E-state index contributed by atoms with van der Waals surface area (Å²) in [5.41, 5.74) is -2.20. The summed E-state index contributed by atoms with van der Waals surface area (Å²) in [6.45, 7) is 4.87. The van der Waals surface area contributed by atoms with Gasteiger partial charge < -0.3 is 19.8 Å². The first-order valence-corrected chi connectivity index (χ1v) is 13.7. The highest BCUT2D eigenvalue weighted by atomic mass is 35.5. The van der Waals surface area contributed by atoms with E-state index in [0.29, 0.717) is 22.2 Å². The second-order valence-electron chi connectivity index (χ2n) is 10.6.